The summed E-state index contributed by atoms with van der Waals surface area (Å²) < 4.78 is 21.4. The fourth-order valence-electron chi connectivity index (χ4n) is 2.26. The highest BCUT2D eigenvalue weighted by atomic mass is 35.5. The summed E-state index contributed by atoms with van der Waals surface area (Å²) >= 11 is 6.07. The molecule has 0 aromatic heterocycles. The van der Waals surface area contributed by atoms with E-state index in [2.05, 4.69) is 0 Å². The van der Waals surface area contributed by atoms with Gasteiger partial charge in [-0.05, 0) is 18.2 Å². The van der Waals surface area contributed by atoms with Crippen molar-refractivity contribution in [1.29, 1.82) is 0 Å². The van der Waals surface area contributed by atoms with Crippen molar-refractivity contribution in [2.75, 3.05) is 14.2 Å². The maximum atomic E-state index is 11.8. The monoisotopic (exact) mass is 352 g/mol. The van der Waals surface area contributed by atoms with E-state index in [1.165, 1.54) is 21.1 Å². The van der Waals surface area contributed by atoms with Crippen LogP contribution in [0.5, 0.6) is 23.0 Å². The van der Waals surface area contributed by atoms with E-state index in [4.69, 9.17) is 30.5 Å². The Morgan fingerprint density at radius 1 is 0.958 bits per heavy atom. The lowest BCUT2D eigenvalue weighted by Gasteiger charge is -2.19. The van der Waals surface area contributed by atoms with Gasteiger partial charge in [0.2, 0.25) is 11.5 Å². The highest BCUT2D eigenvalue weighted by Crippen LogP contribution is 2.51. The number of carbonyl (C=O) groups is 2. The molecule has 6 nitrogen and oxygen atoms in total. The second-order valence-electron chi connectivity index (χ2n) is 4.84. The highest BCUT2D eigenvalue weighted by molar-refractivity contribution is 6.31. The lowest BCUT2D eigenvalue weighted by Crippen LogP contribution is -2.10. The quantitative estimate of drug-likeness (QED) is 0.603. The molecule has 24 heavy (non-hydrogen) atoms. The van der Waals surface area contributed by atoms with Gasteiger partial charge < -0.3 is 18.9 Å². The predicted octanol–water partition coefficient (Wildman–Crippen LogP) is 3.75. The molecule has 0 aliphatic carbocycles. The first-order valence-corrected chi connectivity index (χ1v) is 7.57. The molecule has 0 N–H and O–H groups in total. The third-order valence-electron chi connectivity index (χ3n) is 3.25. The van der Waals surface area contributed by atoms with Gasteiger partial charge in [-0.1, -0.05) is 18.5 Å². The summed E-state index contributed by atoms with van der Waals surface area (Å²) in [6, 6.07) is 4.89. The first-order valence-electron chi connectivity index (χ1n) is 7.19. The minimum absolute atomic E-state index is 0.144. The zero-order valence-electron chi connectivity index (χ0n) is 13.8. The molecule has 0 aliphatic heterocycles. The molecule has 0 unspecified atom stereocenters. The first-order chi connectivity index (χ1) is 11.4. The molecule has 0 spiro atoms. The van der Waals surface area contributed by atoms with Gasteiger partial charge in [0.05, 0.1) is 14.2 Å². The average Bonchev–Trinajstić information content (AvgIpc) is 2.55. The van der Waals surface area contributed by atoms with Gasteiger partial charge in [-0.25, -0.2) is 0 Å². The van der Waals surface area contributed by atoms with Crippen molar-refractivity contribution in [3.63, 3.8) is 0 Å². The number of esters is 2. The van der Waals surface area contributed by atoms with Crippen LogP contribution in [0.15, 0.2) is 18.2 Å². The van der Waals surface area contributed by atoms with E-state index in [0.29, 0.717) is 15.8 Å². The highest BCUT2D eigenvalue weighted by Gasteiger charge is 2.26. The Hall–Kier alpha value is -2.47. The van der Waals surface area contributed by atoms with Crippen LogP contribution >= 0.6 is 11.6 Å². The second-order valence-corrected chi connectivity index (χ2v) is 5.27. The van der Waals surface area contributed by atoms with Gasteiger partial charge in [0.1, 0.15) is 0 Å². The van der Waals surface area contributed by atoms with Crippen LogP contribution < -0.4 is 18.9 Å². The normalized spacial score (nSPS) is 10.4. The number of halogens is 1. The SMILES string of the molecule is CCC(=O)Oc1c(OC)c(OC)c(OC(C)=O)c2ccc(Cl)cc12. The van der Waals surface area contributed by atoms with Gasteiger partial charge in [0.15, 0.2) is 11.5 Å². The standard InChI is InChI=1S/C17H17ClO6/c1-5-13(20)24-15-12-8-10(18)6-7-11(12)14(23-9(2)19)16(21-3)17(15)22-4/h6-8H,5H2,1-4H3. The third kappa shape index (κ3) is 3.38. The van der Waals surface area contributed by atoms with Crippen LogP contribution in [-0.2, 0) is 9.59 Å². The molecule has 0 fully saturated rings. The summed E-state index contributed by atoms with van der Waals surface area (Å²) in [6.45, 7) is 2.95. The van der Waals surface area contributed by atoms with Crippen molar-refractivity contribution in [2.24, 2.45) is 0 Å². The van der Waals surface area contributed by atoms with Gasteiger partial charge in [0.25, 0.3) is 0 Å². The molecule has 2 aromatic carbocycles. The fraction of sp³-hybridized carbons (Fsp3) is 0.294. The van der Waals surface area contributed by atoms with E-state index in [0.717, 1.165) is 0 Å². The molecule has 0 atom stereocenters. The zero-order valence-corrected chi connectivity index (χ0v) is 14.5. The number of benzene rings is 2. The summed E-state index contributed by atoms with van der Waals surface area (Å²) in [5.41, 5.74) is 0. The first kappa shape index (κ1) is 17.9. The van der Waals surface area contributed by atoms with Crippen molar-refractivity contribution in [1.82, 2.24) is 0 Å². The Morgan fingerprint density at radius 3 is 2.04 bits per heavy atom. The number of hydrogen-bond acceptors (Lipinski definition) is 6. The van der Waals surface area contributed by atoms with Gasteiger partial charge in [0, 0.05) is 29.1 Å². The van der Waals surface area contributed by atoms with Crippen LogP contribution in [0.3, 0.4) is 0 Å². The number of fused-ring (bicyclic) bond motifs is 1. The lowest BCUT2D eigenvalue weighted by molar-refractivity contribution is -0.134. The van der Waals surface area contributed by atoms with E-state index in [1.54, 1.807) is 25.1 Å². The van der Waals surface area contributed by atoms with Crippen LogP contribution in [0, 0.1) is 0 Å². The van der Waals surface area contributed by atoms with Crippen LogP contribution in [0.2, 0.25) is 5.02 Å². The summed E-state index contributed by atoms with van der Waals surface area (Å²) in [4.78, 5) is 23.3. The van der Waals surface area contributed by atoms with Crippen molar-refractivity contribution in [2.45, 2.75) is 20.3 Å². The van der Waals surface area contributed by atoms with E-state index < -0.39 is 11.9 Å². The summed E-state index contributed by atoms with van der Waals surface area (Å²) in [5, 5.41) is 1.40. The Bertz CT molecular complexity index is 800. The Labute approximate surface area is 144 Å². The minimum Gasteiger partial charge on any atom is -0.490 e. The third-order valence-corrected chi connectivity index (χ3v) is 3.48. The van der Waals surface area contributed by atoms with Gasteiger partial charge >= 0.3 is 11.9 Å². The van der Waals surface area contributed by atoms with Crippen molar-refractivity contribution in [3.8, 4) is 23.0 Å². The van der Waals surface area contributed by atoms with Crippen LogP contribution in [-0.4, -0.2) is 26.2 Å². The van der Waals surface area contributed by atoms with Crippen molar-refractivity contribution < 1.29 is 28.5 Å². The second kappa shape index (κ2) is 7.40. The number of methoxy groups -OCH3 is 2. The molecule has 0 saturated carbocycles. The molecular formula is C17H17ClO6. The molecule has 0 saturated heterocycles. The van der Waals surface area contributed by atoms with E-state index >= 15 is 0 Å². The molecule has 0 radical (unpaired) electrons. The van der Waals surface area contributed by atoms with Crippen LogP contribution in [0.25, 0.3) is 10.8 Å². The smallest absolute Gasteiger partial charge is 0.311 e. The molecular weight excluding hydrogens is 336 g/mol. The van der Waals surface area contributed by atoms with Crippen LogP contribution in [0.1, 0.15) is 20.3 Å². The number of hydrogen-bond donors (Lipinski definition) is 0. The maximum absolute atomic E-state index is 11.8. The van der Waals surface area contributed by atoms with Crippen LogP contribution in [0.4, 0.5) is 0 Å². The molecule has 2 rings (SSSR count). The van der Waals surface area contributed by atoms with Gasteiger partial charge in [-0.3, -0.25) is 9.59 Å². The zero-order chi connectivity index (χ0) is 17.9. The molecule has 128 valence electrons. The van der Waals surface area contributed by atoms with Gasteiger partial charge in [-0.15, -0.1) is 0 Å². The minimum atomic E-state index is -0.523. The fourth-order valence-corrected chi connectivity index (χ4v) is 2.43. The molecule has 0 amide bonds. The predicted molar refractivity (Wildman–Crippen MR) is 89.3 cm³/mol. The Kier molecular flexibility index (Phi) is 5.51. The number of ether oxygens (including phenoxy) is 4. The van der Waals surface area contributed by atoms with E-state index in [-0.39, 0.29) is 29.4 Å². The van der Waals surface area contributed by atoms with E-state index in [1.807, 2.05) is 0 Å². The van der Waals surface area contributed by atoms with Gasteiger partial charge in [-0.2, -0.15) is 0 Å². The maximum Gasteiger partial charge on any atom is 0.311 e. The molecule has 7 heteroatoms. The van der Waals surface area contributed by atoms with E-state index in [9.17, 15) is 9.59 Å². The molecule has 0 bridgehead atoms. The Morgan fingerprint density at radius 2 is 1.54 bits per heavy atom. The molecule has 2 aromatic rings. The molecule has 0 heterocycles. The average molecular weight is 353 g/mol. The summed E-state index contributed by atoms with van der Waals surface area (Å²) in [6.07, 6.45) is 0.180. The number of rotatable bonds is 5. The van der Waals surface area contributed by atoms with Crippen molar-refractivity contribution >= 4 is 34.3 Å². The molecule has 0 aliphatic rings. The largest absolute Gasteiger partial charge is 0.490 e. The van der Waals surface area contributed by atoms with Crippen molar-refractivity contribution in [3.05, 3.63) is 23.2 Å². The summed E-state index contributed by atoms with van der Waals surface area (Å²) in [7, 11) is 2.80. The topological polar surface area (TPSA) is 71.1 Å². The summed E-state index contributed by atoms with van der Waals surface area (Å²) in [5.74, 6) is -0.340. The lowest BCUT2D eigenvalue weighted by atomic mass is 10.1. The number of carbonyl (C=O) groups excluding carboxylic acids is 2. The Balaban J connectivity index is 2.89.